The average molecular weight is 257 g/mol. The summed E-state index contributed by atoms with van der Waals surface area (Å²) in [5.74, 6) is -0.899. The van der Waals surface area contributed by atoms with E-state index in [1.165, 1.54) is 6.92 Å². The van der Waals surface area contributed by atoms with Crippen LogP contribution in [0.4, 0.5) is 0 Å². The highest BCUT2D eigenvalue weighted by molar-refractivity contribution is 5.72. The van der Waals surface area contributed by atoms with Crippen molar-refractivity contribution in [3.8, 4) is 5.88 Å². The van der Waals surface area contributed by atoms with Crippen LogP contribution in [0.1, 0.15) is 25.0 Å². The van der Waals surface area contributed by atoms with Gasteiger partial charge in [-0.3, -0.25) is 9.59 Å². The summed E-state index contributed by atoms with van der Waals surface area (Å²) in [4.78, 5) is 27.6. The lowest BCUT2D eigenvalue weighted by Crippen LogP contribution is -2.30. The topological polar surface area (TPSA) is 136 Å². The number of aromatic nitrogens is 2. The molecule has 0 bridgehead atoms. The summed E-state index contributed by atoms with van der Waals surface area (Å²) in [5, 5.41) is 31.2. The molecule has 8 nitrogen and oxygen atoms in total. The number of aliphatic hydroxyl groups excluding tert-OH is 2. The molecule has 1 rings (SSSR count). The number of rotatable bonds is 5. The normalized spacial score (nSPS) is 13.9. The lowest BCUT2D eigenvalue weighted by Gasteiger charge is -2.17. The van der Waals surface area contributed by atoms with E-state index in [9.17, 15) is 24.9 Å². The number of hydrogen-bond donors (Lipinski definition) is 5. The lowest BCUT2D eigenvalue weighted by molar-refractivity contribution is -0.119. The highest BCUT2D eigenvalue weighted by Crippen LogP contribution is 2.21. The molecule has 8 heteroatoms. The van der Waals surface area contributed by atoms with Crippen molar-refractivity contribution in [2.75, 3.05) is 6.54 Å². The SMILES string of the molecule is CC(=O)NCCC(O)C(O)c1c(O)nc[nH]c1=O. The maximum atomic E-state index is 11.4. The standard InChI is InChI=1S/C10H15N3O5/c1-5(14)11-3-2-6(15)8(16)7-9(17)12-4-13-10(7)18/h4,6,8,15-16H,2-3H2,1H3,(H,11,14)(H2,12,13,17,18). The van der Waals surface area contributed by atoms with Gasteiger partial charge in [0.1, 0.15) is 11.7 Å². The fraction of sp³-hybridized carbons (Fsp3) is 0.500. The van der Waals surface area contributed by atoms with Crippen molar-refractivity contribution in [2.24, 2.45) is 0 Å². The Labute approximate surface area is 102 Å². The highest BCUT2D eigenvalue weighted by atomic mass is 16.3. The van der Waals surface area contributed by atoms with E-state index < -0.39 is 29.2 Å². The number of carbonyl (C=O) groups is 1. The number of H-pyrrole nitrogens is 1. The average Bonchev–Trinajstić information content (AvgIpc) is 2.27. The van der Waals surface area contributed by atoms with Crippen molar-refractivity contribution < 1.29 is 20.1 Å². The third-order valence-electron chi connectivity index (χ3n) is 2.34. The Morgan fingerprint density at radius 3 is 2.78 bits per heavy atom. The molecule has 0 aliphatic heterocycles. The van der Waals surface area contributed by atoms with E-state index in [4.69, 9.17) is 0 Å². The van der Waals surface area contributed by atoms with Gasteiger partial charge in [0.25, 0.3) is 5.56 Å². The van der Waals surface area contributed by atoms with Gasteiger partial charge in [0.15, 0.2) is 0 Å². The maximum absolute atomic E-state index is 11.4. The van der Waals surface area contributed by atoms with Gasteiger partial charge in [-0.25, -0.2) is 4.98 Å². The minimum absolute atomic E-state index is 0.0362. The Kier molecular flexibility index (Phi) is 4.81. The van der Waals surface area contributed by atoms with E-state index in [1.54, 1.807) is 0 Å². The largest absolute Gasteiger partial charge is 0.493 e. The first-order valence-electron chi connectivity index (χ1n) is 5.30. The number of nitrogens with one attached hydrogen (secondary N) is 2. The number of aliphatic hydroxyl groups is 2. The Morgan fingerprint density at radius 2 is 2.22 bits per heavy atom. The molecule has 0 saturated carbocycles. The summed E-state index contributed by atoms with van der Waals surface area (Å²) in [6.07, 6.45) is -1.85. The number of amides is 1. The second-order valence-electron chi connectivity index (χ2n) is 3.75. The molecule has 18 heavy (non-hydrogen) atoms. The molecule has 0 aliphatic carbocycles. The molecule has 2 unspecified atom stereocenters. The van der Waals surface area contributed by atoms with Crippen LogP contribution >= 0.6 is 0 Å². The van der Waals surface area contributed by atoms with Crippen LogP contribution in [0.3, 0.4) is 0 Å². The van der Waals surface area contributed by atoms with Crippen LogP contribution in [0.15, 0.2) is 11.1 Å². The zero-order valence-corrected chi connectivity index (χ0v) is 9.75. The number of nitrogens with zero attached hydrogens (tertiary/aromatic N) is 1. The van der Waals surface area contributed by atoms with Gasteiger partial charge in [-0.15, -0.1) is 0 Å². The zero-order valence-electron chi connectivity index (χ0n) is 9.75. The molecule has 1 heterocycles. The third-order valence-corrected chi connectivity index (χ3v) is 2.34. The predicted molar refractivity (Wildman–Crippen MR) is 60.8 cm³/mol. The fourth-order valence-corrected chi connectivity index (χ4v) is 1.41. The van der Waals surface area contributed by atoms with Crippen molar-refractivity contribution in [2.45, 2.75) is 25.6 Å². The molecular weight excluding hydrogens is 242 g/mol. The van der Waals surface area contributed by atoms with Crippen LogP contribution in [-0.2, 0) is 4.79 Å². The first-order chi connectivity index (χ1) is 8.43. The van der Waals surface area contributed by atoms with Crippen LogP contribution in [0.25, 0.3) is 0 Å². The minimum atomic E-state index is -1.57. The molecule has 0 saturated heterocycles. The van der Waals surface area contributed by atoms with Crippen molar-refractivity contribution in [1.82, 2.24) is 15.3 Å². The molecule has 2 atom stereocenters. The summed E-state index contributed by atoms with van der Waals surface area (Å²) < 4.78 is 0. The van der Waals surface area contributed by atoms with Crippen LogP contribution < -0.4 is 10.9 Å². The van der Waals surface area contributed by atoms with Crippen molar-refractivity contribution >= 4 is 5.91 Å². The van der Waals surface area contributed by atoms with Crippen LogP contribution in [0, 0.1) is 0 Å². The quantitative estimate of drug-likeness (QED) is 0.431. The minimum Gasteiger partial charge on any atom is -0.493 e. The van der Waals surface area contributed by atoms with Gasteiger partial charge in [-0.2, -0.15) is 0 Å². The number of carbonyl (C=O) groups excluding carboxylic acids is 1. The van der Waals surface area contributed by atoms with Gasteiger partial charge in [0, 0.05) is 13.5 Å². The second-order valence-corrected chi connectivity index (χ2v) is 3.75. The molecule has 5 N–H and O–H groups in total. The zero-order chi connectivity index (χ0) is 13.7. The van der Waals surface area contributed by atoms with E-state index in [2.05, 4.69) is 15.3 Å². The van der Waals surface area contributed by atoms with E-state index in [0.717, 1.165) is 6.33 Å². The Morgan fingerprint density at radius 1 is 1.56 bits per heavy atom. The summed E-state index contributed by atoms with van der Waals surface area (Å²) >= 11 is 0. The first kappa shape index (κ1) is 14.1. The van der Waals surface area contributed by atoms with Crippen molar-refractivity contribution in [1.29, 1.82) is 0 Å². The molecule has 1 aromatic heterocycles. The van der Waals surface area contributed by atoms with E-state index in [-0.39, 0.29) is 18.9 Å². The number of aromatic hydroxyl groups is 1. The third kappa shape index (κ3) is 3.54. The Balaban J connectivity index is 2.71. The molecule has 0 aliphatic rings. The Bertz CT molecular complexity index is 473. The maximum Gasteiger partial charge on any atom is 0.260 e. The fourth-order valence-electron chi connectivity index (χ4n) is 1.41. The highest BCUT2D eigenvalue weighted by Gasteiger charge is 2.24. The monoisotopic (exact) mass is 257 g/mol. The van der Waals surface area contributed by atoms with Crippen LogP contribution in [-0.4, -0.2) is 43.8 Å². The van der Waals surface area contributed by atoms with E-state index in [1.807, 2.05) is 0 Å². The number of aromatic amines is 1. The lowest BCUT2D eigenvalue weighted by atomic mass is 10.0. The summed E-state index contributed by atoms with van der Waals surface area (Å²) in [6, 6.07) is 0. The van der Waals surface area contributed by atoms with Gasteiger partial charge < -0.3 is 25.6 Å². The molecule has 100 valence electrons. The first-order valence-corrected chi connectivity index (χ1v) is 5.30. The van der Waals surface area contributed by atoms with Gasteiger partial charge in [-0.1, -0.05) is 0 Å². The van der Waals surface area contributed by atoms with Gasteiger partial charge in [0.05, 0.1) is 12.4 Å². The summed E-state index contributed by atoms with van der Waals surface area (Å²) in [7, 11) is 0. The Hall–Kier alpha value is -1.93. The van der Waals surface area contributed by atoms with Crippen molar-refractivity contribution in [3.63, 3.8) is 0 Å². The molecule has 1 aromatic rings. The molecule has 0 spiro atoms. The predicted octanol–water partition coefficient (Wildman–Crippen LogP) is -1.60. The molecular formula is C10H15N3O5. The van der Waals surface area contributed by atoms with Gasteiger partial charge in [-0.05, 0) is 6.42 Å². The molecule has 0 aromatic carbocycles. The van der Waals surface area contributed by atoms with E-state index >= 15 is 0 Å². The van der Waals surface area contributed by atoms with E-state index in [0.29, 0.717) is 0 Å². The smallest absolute Gasteiger partial charge is 0.260 e. The number of hydrogen-bond acceptors (Lipinski definition) is 6. The second kappa shape index (κ2) is 6.12. The molecule has 0 fully saturated rings. The van der Waals surface area contributed by atoms with Crippen molar-refractivity contribution in [3.05, 3.63) is 22.2 Å². The van der Waals surface area contributed by atoms with Crippen LogP contribution in [0.2, 0.25) is 0 Å². The van der Waals surface area contributed by atoms with Crippen LogP contribution in [0.5, 0.6) is 5.88 Å². The van der Waals surface area contributed by atoms with Gasteiger partial charge in [0.2, 0.25) is 11.8 Å². The van der Waals surface area contributed by atoms with Gasteiger partial charge >= 0.3 is 0 Å². The molecule has 0 radical (unpaired) electrons. The summed E-state index contributed by atoms with van der Waals surface area (Å²) in [5.41, 5.74) is -1.12. The summed E-state index contributed by atoms with van der Waals surface area (Å²) in [6.45, 7) is 1.47. The molecule has 1 amide bonds.